The highest BCUT2D eigenvalue weighted by Gasteiger charge is 2.17. The van der Waals surface area contributed by atoms with E-state index in [1.807, 2.05) is 17.5 Å². The molecule has 0 saturated heterocycles. The van der Waals surface area contributed by atoms with Crippen molar-refractivity contribution in [2.24, 2.45) is 0 Å². The van der Waals surface area contributed by atoms with Crippen LogP contribution in [0, 0.1) is 3.57 Å². The Bertz CT molecular complexity index is 711. The summed E-state index contributed by atoms with van der Waals surface area (Å²) in [6.45, 7) is 4.79. The van der Waals surface area contributed by atoms with Gasteiger partial charge in [-0.2, -0.15) is 0 Å². The Labute approximate surface area is 143 Å². The van der Waals surface area contributed by atoms with Gasteiger partial charge in [0.15, 0.2) is 0 Å². The summed E-state index contributed by atoms with van der Waals surface area (Å²) in [5.74, 6) is 0. The van der Waals surface area contributed by atoms with Crippen LogP contribution in [0.1, 0.15) is 19.4 Å². The van der Waals surface area contributed by atoms with Crippen molar-refractivity contribution in [1.29, 1.82) is 0 Å². The number of benzene rings is 1. The fourth-order valence-corrected chi connectivity index (χ4v) is 4.47. The van der Waals surface area contributed by atoms with E-state index in [2.05, 4.69) is 46.5 Å². The molecular formula is C14H17IN2O2S2. The Morgan fingerprint density at radius 2 is 2.05 bits per heavy atom. The first kappa shape index (κ1) is 16.7. The molecule has 0 aliphatic rings. The lowest BCUT2D eigenvalue weighted by Gasteiger charge is -2.07. The lowest BCUT2D eigenvalue weighted by atomic mass is 10.3. The molecule has 0 amide bonds. The van der Waals surface area contributed by atoms with Gasteiger partial charge in [0.2, 0.25) is 0 Å². The maximum atomic E-state index is 12.3. The Balaban J connectivity index is 2.12. The maximum absolute atomic E-state index is 12.3. The third-order valence-corrected chi connectivity index (χ3v) is 6.23. The van der Waals surface area contributed by atoms with Crippen LogP contribution in [0.3, 0.4) is 0 Å². The number of anilines is 1. The van der Waals surface area contributed by atoms with Gasteiger partial charge in [-0.1, -0.05) is 19.9 Å². The highest BCUT2D eigenvalue weighted by atomic mass is 127. The zero-order chi connectivity index (χ0) is 15.5. The second-order valence-corrected chi connectivity index (χ2v) is 8.99. The number of halogens is 1. The first-order chi connectivity index (χ1) is 9.87. The van der Waals surface area contributed by atoms with Crippen LogP contribution in [0.25, 0.3) is 0 Å². The molecule has 0 radical (unpaired) electrons. The number of rotatable bonds is 6. The number of sulfonamides is 1. The smallest absolute Gasteiger partial charge is 0.271 e. The van der Waals surface area contributed by atoms with Crippen molar-refractivity contribution in [3.05, 3.63) is 44.8 Å². The summed E-state index contributed by atoms with van der Waals surface area (Å²) in [4.78, 5) is 0. The van der Waals surface area contributed by atoms with Crippen LogP contribution in [0.2, 0.25) is 0 Å². The zero-order valence-electron chi connectivity index (χ0n) is 11.8. The lowest BCUT2D eigenvalue weighted by Crippen LogP contribution is -2.21. The monoisotopic (exact) mass is 436 g/mol. The van der Waals surface area contributed by atoms with Gasteiger partial charge in [-0.3, -0.25) is 4.72 Å². The van der Waals surface area contributed by atoms with E-state index in [9.17, 15) is 8.42 Å². The van der Waals surface area contributed by atoms with Crippen LogP contribution in [-0.4, -0.2) is 14.5 Å². The molecule has 0 fully saturated rings. The van der Waals surface area contributed by atoms with Gasteiger partial charge in [-0.25, -0.2) is 8.42 Å². The summed E-state index contributed by atoms with van der Waals surface area (Å²) in [7, 11) is -3.51. The summed E-state index contributed by atoms with van der Waals surface area (Å²) in [6, 6.07) is 9.37. The molecule has 0 spiro atoms. The Morgan fingerprint density at radius 1 is 1.29 bits per heavy atom. The molecule has 1 aromatic carbocycles. The van der Waals surface area contributed by atoms with Gasteiger partial charge in [0, 0.05) is 21.8 Å². The minimum Gasteiger partial charge on any atom is -0.310 e. The van der Waals surface area contributed by atoms with Crippen molar-refractivity contribution in [3.63, 3.8) is 0 Å². The average molecular weight is 436 g/mol. The van der Waals surface area contributed by atoms with Gasteiger partial charge in [0.25, 0.3) is 10.0 Å². The van der Waals surface area contributed by atoms with Crippen LogP contribution in [0.5, 0.6) is 0 Å². The van der Waals surface area contributed by atoms with E-state index < -0.39 is 10.0 Å². The first-order valence-corrected chi connectivity index (χ1v) is 9.90. The maximum Gasteiger partial charge on any atom is 0.271 e. The standard InChI is InChI=1S/C14H17IN2O2S2/c1-10(2)16-8-11-6-14(20-9-11)21(18,19)17-13-5-3-4-12(15)7-13/h3-7,9-10,16-17H,8H2,1-2H3. The fraction of sp³-hybridized carbons (Fsp3) is 0.286. The topological polar surface area (TPSA) is 58.2 Å². The minimum absolute atomic E-state index is 0.335. The summed E-state index contributed by atoms with van der Waals surface area (Å²) in [5.41, 5.74) is 1.56. The van der Waals surface area contributed by atoms with Crippen LogP contribution in [0.4, 0.5) is 5.69 Å². The molecule has 2 rings (SSSR count). The highest BCUT2D eigenvalue weighted by Crippen LogP contribution is 2.23. The van der Waals surface area contributed by atoms with Crippen LogP contribution < -0.4 is 10.0 Å². The lowest BCUT2D eigenvalue weighted by molar-refractivity contribution is 0.589. The van der Waals surface area contributed by atoms with Gasteiger partial charge in [0.1, 0.15) is 4.21 Å². The SMILES string of the molecule is CC(C)NCc1csc(S(=O)(=O)Nc2cccc(I)c2)c1. The molecule has 21 heavy (non-hydrogen) atoms. The molecule has 4 nitrogen and oxygen atoms in total. The third kappa shape index (κ3) is 4.94. The van der Waals surface area contributed by atoms with Crippen LogP contribution in [0.15, 0.2) is 39.9 Å². The highest BCUT2D eigenvalue weighted by molar-refractivity contribution is 14.1. The quantitative estimate of drug-likeness (QED) is 0.680. The predicted octanol–water partition coefficient (Wildman–Crippen LogP) is 3.65. The van der Waals surface area contributed by atoms with Crippen molar-refractivity contribution in [2.75, 3.05) is 4.72 Å². The minimum atomic E-state index is -3.51. The van der Waals surface area contributed by atoms with E-state index in [0.717, 1.165) is 9.13 Å². The molecule has 0 aliphatic carbocycles. The number of nitrogens with one attached hydrogen (secondary N) is 2. The van der Waals surface area contributed by atoms with Gasteiger partial charge in [-0.05, 0) is 57.8 Å². The third-order valence-electron chi connectivity index (χ3n) is 2.69. The van der Waals surface area contributed by atoms with Crippen LogP contribution >= 0.6 is 33.9 Å². The van der Waals surface area contributed by atoms with Crippen molar-refractivity contribution >= 4 is 49.6 Å². The Kier molecular flexibility index (Phi) is 5.64. The van der Waals surface area contributed by atoms with E-state index in [4.69, 9.17) is 0 Å². The molecule has 0 bridgehead atoms. The van der Waals surface area contributed by atoms with E-state index in [1.54, 1.807) is 18.2 Å². The fourth-order valence-electron chi connectivity index (χ4n) is 1.67. The van der Waals surface area contributed by atoms with Crippen molar-refractivity contribution < 1.29 is 8.42 Å². The molecule has 0 saturated carbocycles. The zero-order valence-corrected chi connectivity index (χ0v) is 15.6. The molecule has 2 N–H and O–H groups in total. The van der Waals surface area contributed by atoms with Crippen molar-refractivity contribution in [3.8, 4) is 0 Å². The number of hydrogen-bond acceptors (Lipinski definition) is 4. The first-order valence-electron chi connectivity index (χ1n) is 6.46. The van der Waals surface area contributed by atoms with Gasteiger partial charge in [-0.15, -0.1) is 11.3 Å². The molecule has 2 aromatic rings. The Hall–Kier alpha value is -0.640. The van der Waals surface area contributed by atoms with Gasteiger partial charge >= 0.3 is 0 Å². The van der Waals surface area contributed by atoms with Crippen molar-refractivity contribution in [2.45, 2.75) is 30.6 Å². The predicted molar refractivity (Wildman–Crippen MR) is 96.3 cm³/mol. The average Bonchev–Trinajstić information content (AvgIpc) is 2.85. The summed E-state index contributed by atoms with van der Waals surface area (Å²) in [6.07, 6.45) is 0. The normalized spacial score (nSPS) is 11.8. The molecule has 0 unspecified atom stereocenters. The van der Waals surface area contributed by atoms with E-state index >= 15 is 0 Å². The molecule has 0 atom stereocenters. The van der Waals surface area contributed by atoms with E-state index in [-0.39, 0.29) is 0 Å². The molecule has 114 valence electrons. The largest absolute Gasteiger partial charge is 0.310 e. The second kappa shape index (κ2) is 7.08. The van der Waals surface area contributed by atoms with E-state index in [1.165, 1.54) is 11.3 Å². The molecule has 1 heterocycles. The van der Waals surface area contributed by atoms with Gasteiger partial charge < -0.3 is 5.32 Å². The number of thiophene rings is 1. The Morgan fingerprint density at radius 3 is 2.71 bits per heavy atom. The van der Waals surface area contributed by atoms with Crippen molar-refractivity contribution in [1.82, 2.24) is 5.32 Å². The van der Waals surface area contributed by atoms with E-state index in [0.29, 0.717) is 22.5 Å². The molecule has 0 aliphatic heterocycles. The molecular weight excluding hydrogens is 419 g/mol. The number of hydrogen-bond donors (Lipinski definition) is 2. The summed E-state index contributed by atoms with van der Waals surface area (Å²) < 4.78 is 28.6. The summed E-state index contributed by atoms with van der Waals surface area (Å²) >= 11 is 3.39. The molecule has 7 heteroatoms. The van der Waals surface area contributed by atoms with Gasteiger partial charge in [0.05, 0.1) is 0 Å². The second-order valence-electron chi connectivity index (χ2n) is 4.93. The molecule has 1 aromatic heterocycles. The summed E-state index contributed by atoms with van der Waals surface area (Å²) in [5, 5.41) is 5.15. The van der Waals surface area contributed by atoms with Crippen LogP contribution in [-0.2, 0) is 16.6 Å².